The van der Waals surface area contributed by atoms with Crippen LogP contribution in [0.4, 0.5) is 17.1 Å². The molecule has 1 aromatic heterocycles. The third kappa shape index (κ3) is 6.63. The van der Waals surface area contributed by atoms with Gasteiger partial charge in [-0.1, -0.05) is 35.9 Å². The lowest BCUT2D eigenvalue weighted by atomic mass is 10.1. The SMILES string of the molecule is C/C=C\C=C/C(C#N)COc1ccc(Nc2c(C#N)cnc3cc(OC4CCOC4)c([N+](=O)[O-])cc23)cc1Cl. The van der Waals surface area contributed by atoms with Crippen molar-refractivity contribution in [2.24, 2.45) is 5.92 Å². The van der Waals surface area contributed by atoms with E-state index in [4.69, 9.17) is 25.8 Å². The number of allylic oxidation sites excluding steroid dienone is 3. The molecule has 1 saturated heterocycles. The Labute approximate surface area is 229 Å². The van der Waals surface area contributed by atoms with E-state index in [0.717, 1.165) is 0 Å². The van der Waals surface area contributed by atoms with Crippen molar-refractivity contribution < 1.29 is 19.1 Å². The number of ether oxygens (including phenoxy) is 3. The number of pyridine rings is 1. The van der Waals surface area contributed by atoms with E-state index in [0.29, 0.717) is 47.7 Å². The fraction of sp³-hybridized carbons (Fsp3) is 0.250. The number of nitrogens with one attached hydrogen (secondary N) is 1. The van der Waals surface area contributed by atoms with Crippen LogP contribution in [0.2, 0.25) is 5.02 Å². The number of halogens is 1. The third-order valence-electron chi connectivity index (χ3n) is 5.88. The predicted octanol–water partition coefficient (Wildman–Crippen LogP) is 6.23. The molecule has 2 unspecified atom stereocenters. The standard InChI is InChI=1S/C28H24ClN5O5/c1-2-3-4-5-18(13-30)16-38-26-7-6-20(10-23(26)29)33-28-19(14-31)15-32-24-12-27(39-21-8-9-37-17-21)25(34(35)36)11-22(24)28/h2-7,10-12,15,18,21H,8-9,16-17H2,1H3,(H,32,33)/b3-2-,5-4-. The molecule has 0 bridgehead atoms. The van der Waals surface area contributed by atoms with Crippen LogP contribution in [0.5, 0.6) is 11.5 Å². The highest BCUT2D eigenvalue weighted by atomic mass is 35.5. The van der Waals surface area contributed by atoms with Crippen LogP contribution in [0.1, 0.15) is 18.9 Å². The van der Waals surface area contributed by atoms with Gasteiger partial charge < -0.3 is 19.5 Å². The second-order valence-corrected chi connectivity index (χ2v) is 8.99. The van der Waals surface area contributed by atoms with Gasteiger partial charge in [-0.15, -0.1) is 0 Å². The van der Waals surface area contributed by atoms with Gasteiger partial charge >= 0.3 is 5.69 Å². The summed E-state index contributed by atoms with van der Waals surface area (Å²) in [5.74, 6) is 0.0181. The van der Waals surface area contributed by atoms with Crippen molar-refractivity contribution in [3.8, 4) is 23.6 Å². The summed E-state index contributed by atoms with van der Waals surface area (Å²) in [4.78, 5) is 15.7. The Morgan fingerprint density at radius 2 is 2.15 bits per heavy atom. The van der Waals surface area contributed by atoms with E-state index in [1.165, 1.54) is 18.3 Å². The molecule has 198 valence electrons. The highest BCUT2D eigenvalue weighted by Crippen LogP contribution is 2.38. The van der Waals surface area contributed by atoms with Gasteiger partial charge in [-0.25, -0.2) is 0 Å². The molecule has 0 amide bonds. The maximum atomic E-state index is 11.9. The largest absolute Gasteiger partial charge is 0.490 e. The van der Waals surface area contributed by atoms with Crippen LogP contribution in [0, 0.1) is 38.7 Å². The zero-order valence-electron chi connectivity index (χ0n) is 21.0. The van der Waals surface area contributed by atoms with Crippen molar-refractivity contribution in [2.45, 2.75) is 19.4 Å². The van der Waals surface area contributed by atoms with Gasteiger partial charge in [-0.2, -0.15) is 10.5 Å². The van der Waals surface area contributed by atoms with E-state index < -0.39 is 10.8 Å². The first kappa shape index (κ1) is 27.4. The fourth-order valence-electron chi connectivity index (χ4n) is 3.92. The number of nitrogens with zero attached hydrogens (tertiary/aromatic N) is 4. The number of nitriles is 2. The molecule has 2 aromatic carbocycles. The first-order valence-electron chi connectivity index (χ1n) is 12.1. The van der Waals surface area contributed by atoms with Crippen molar-refractivity contribution >= 4 is 39.6 Å². The van der Waals surface area contributed by atoms with Crippen LogP contribution in [-0.2, 0) is 4.74 Å². The number of fused-ring (bicyclic) bond motifs is 1. The average Bonchev–Trinajstić information content (AvgIpc) is 3.44. The molecule has 11 heteroatoms. The topological polar surface area (TPSA) is 143 Å². The average molecular weight is 546 g/mol. The molecule has 1 N–H and O–H groups in total. The van der Waals surface area contributed by atoms with Crippen LogP contribution in [0.3, 0.4) is 0 Å². The van der Waals surface area contributed by atoms with Gasteiger partial charge in [0.1, 0.15) is 24.5 Å². The van der Waals surface area contributed by atoms with Gasteiger partial charge in [0.25, 0.3) is 0 Å². The Balaban J connectivity index is 1.62. The van der Waals surface area contributed by atoms with Gasteiger partial charge in [0.15, 0.2) is 5.75 Å². The molecule has 4 rings (SSSR count). The van der Waals surface area contributed by atoms with E-state index >= 15 is 0 Å². The van der Waals surface area contributed by atoms with Crippen molar-refractivity contribution in [1.82, 2.24) is 4.98 Å². The van der Waals surface area contributed by atoms with Crippen molar-refractivity contribution in [3.63, 3.8) is 0 Å². The van der Waals surface area contributed by atoms with E-state index in [1.807, 2.05) is 19.1 Å². The fourth-order valence-corrected chi connectivity index (χ4v) is 4.15. The van der Waals surface area contributed by atoms with Crippen molar-refractivity contribution in [2.75, 3.05) is 25.1 Å². The summed E-state index contributed by atoms with van der Waals surface area (Å²) < 4.78 is 16.9. The van der Waals surface area contributed by atoms with Crippen LogP contribution in [-0.4, -0.2) is 35.8 Å². The third-order valence-corrected chi connectivity index (χ3v) is 6.18. The van der Waals surface area contributed by atoms with Gasteiger partial charge in [0, 0.05) is 35.8 Å². The van der Waals surface area contributed by atoms with Gasteiger partial charge in [-0.3, -0.25) is 15.1 Å². The lowest BCUT2D eigenvalue weighted by Gasteiger charge is -2.16. The maximum Gasteiger partial charge on any atom is 0.311 e. The lowest BCUT2D eigenvalue weighted by molar-refractivity contribution is -0.385. The van der Waals surface area contributed by atoms with E-state index in [9.17, 15) is 20.6 Å². The lowest BCUT2D eigenvalue weighted by Crippen LogP contribution is -2.16. The summed E-state index contributed by atoms with van der Waals surface area (Å²) in [6.45, 7) is 2.88. The Morgan fingerprint density at radius 3 is 2.82 bits per heavy atom. The number of hydrogen-bond donors (Lipinski definition) is 1. The second-order valence-electron chi connectivity index (χ2n) is 8.58. The summed E-state index contributed by atoms with van der Waals surface area (Å²) in [7, 11) is 0. The minimum atomic E-state index is -0.529. The molecular formula is C28H24ClN5O5. The Hall–Kier alpha value is -4.64. The zero-order chi connectivity index (χ0) is 27.8. The van der Waals surface area contributed by atoms with Crippen molar-refractivity contribution in [1.29, 1.82) is 10.5 Å². The molecule has 0 aliphatic carbocycles. The summed E-state index contributed by atoms with van der Waals surface area (Å²) in [5.41, 5.74) is 1.22. The molecule has 2 heterocycles. The number of nitro benzene ring substituents is 1. The highest BCUT2D eigenvalue weighted by Gasteiger charge is 2.25. The summed E-state index contributed by atoms with van der Waals surface area (Å²) >= 11 is 6.44. The number of rotatable bonds is 10. The minimum Gasteiger partial charge on any atom is -0.490 e. The molecule has 1 aliphatic rings. The van der Waals surface area contributed by atoms with E-state index in [-0.39, 0.29) is 34.7 Å². The normalized spacial score (nSPS) is 15.7. The quantitative estimate of drug-likeness (QED) is 0.178. The van der Waals surface area contributed by atoms with E-state index in [2.05, 4.69) is 22.4 Å². The molecule has 2 atom stereocenters. The summed E-state index contributed by atoms with van der Waals surface area (Å²) in [6.07, 6.45) is 8.93. The first-order chi connectivity index (χ1) is 18.9. The molecule has 10 nitrogen and oxygen atoms in total. The monoisotopic (exact) mass is 545 g/mol. The summed E-state index contributed by atoms with van der Waals surface area (Å²) in [6, 6.07) is 12.0. The number of benzene rings is 2. The molecule has 1 aliphatic heterocycles. The maximum absolute atomic E-state index is 11.9. The molecule has 0 saturated carbocycles. The Morgan fingerprint density at radius 1 is 1.31 bits per heavy atom. The summed E-state index contributed by atoms with van der Waals surface area (Å²) in [5, 5.41) is 34.7. The van der Waals surface area contributed by atoms with Gasteiger partial charge in [-0.05, 0) is 25.1 Å². The second kappa shape index (κ2) is 12.7. The van der Waals surface area contributed by atoms with Crippen molar-refractivity contribution in [3.05, 3.63) is 81.5 Å². The molecular weight excluding hydrogens is 522 g/mol. The van der Waals surface area contributed by atoms with Gasteiger partial charge in [0.2, 0.25) is 0 Å². The molecule has 1 fully saturated rings. The van der Waals surface area contributed by atoms with Crippen LogP contribution >= 0.6 is 11.6 Å². The van der Waals surface area contributed by atoms with Crippen LogP contribution in [0.25, 0.3) is 10.9 Å². The number of nitro groups is 1. The van der Waals surface area contributed by atoms with Crippen LogP contribution < -0.4 is 14.8 Å². The van der Waals surface area contributed by atoms with E-state index in [1.54, 1.807) is 30.4 Å². The minimum absolute atomic E-state index is 0.0898. The number of hydrogen-bond acceptors (Lipinski definition) is 9. The van der Waals surface area contributed by atoms with Gasteiger partial charge in [0.05, 0.1) is 51.9 Å². The smallest absolute Gasteiger partial charge is 0.311 e. The molecule has 3 aromatic rings. The number of anilines is 2. The number of aromatic nitrogens is 1. The Kier molecular flexibility index (Phi) is 8.95. The predicted molar refractivity (Wildman–Crippen MR) is 146 cm³/mol. The molecule has 0 spiro atoms. The first-order valence-corrected chi connectivity index (χ1v) is 12.5. The van der Waals surface area contributed by atoms with Crippen LogP contribution in [0.15, 0.2) is 60.8 Å². The molecule has 0 radical (unpaired) electrons. The Bertz CT molecular complexity index is 1520. The highest BCUT2D eigenvalue weighted by molar-refractivity contribution is 6.32. The zero-order valence-corrected chi connectivity index (χ0v) is 21.7. The molecule has 39 heavy (non-hydrogen) atoms.